The average molecular weight is 376 g/mol. The van der Waals surface area contributed by atoms with Crippen molar-refractivity contribution in [2.24, 2.45) is 0 Å². The Morgan fingerprint density at radius 2 is 1.48 bits per heavy atom. The summed E-state index contributed by atoms with van der Waals surface area (Å²) in [6.07, 6.45) is 0.836. The first-order chi connectivity index (χ1) is 13.2. The lowest BCUT2D eigenvalue weighted by Gasteiger charge is -2.10. The molecule has 1 amide bonds. The average Bonchev–Trinajstić information content (AvgIpc) is 2.70. The Labute approximate surface area is 164 Å². The van der Waals surface area contributed by atoms with Crippen molar-refractivity contribution in [3.63, 3.8) is 0 Å². The van der Waals surface area contributed by atoms with Crippen LogP contribution in [0.2, 0.25) is 0 Å². The van der Waals surface area contributed by atoms with E-state index in [9.17, 15) is 4.79 Å². The lowest BCUT2D eigenvalue weighted by molar-refractivity contribution is 0.0977. The van der Waals surface area contributed by atoms with Gasteiger partial charge in [-0.25, -0.2) is 0 Å². The van der Waals surface area contributed by atoms with Gasteiger partial charge in [-0.3, -0.25) is 10.1 Å². The first-order valence-corrected chi connectivity index (χ1v) is 9.06. The van der Waals surface area contributed by atoms with Gasteiger partial charge in [0.05, 0.1) is 6.61 Å². The number of carbonyl (C=O) groups is 1. The predicted molar refractivity (Wildman–Crippen MR) is 112 cm³/mol. The second kappa shape index (κ2) is 9.50. The van der Waals surface area contributed by atoms with Gasteiger partial charge in [-0.1, -0.05) is 48.5 Å². The minimum Gasteiger partial charge on any atom is -0.493 e. The van der Waals surface area contributed by atoms with Crippen LogP contribution in [0.15, 0.2) is 84.9 Å². The SMILES string of the molecule is O=C(NC(=S)Nc1ccccc1)c1ccc(OCCc2ccccc2)cc1. The summed E-state index contributed by atoms with van der Waals surface area (Å²) in [7, 11) is 0. The van der Waals surface area contributed by atoms with E-state index in [4.69, 9.17) is 17.0 Å². The molecule has 27 heavy (non-hydrogen) atoms. The van der Waals surface area contributed by atoms with Crippen LogP contribution in [0.3, 0.4) is 0 Å². The van der Waals surface area contributed by atoms with Crippen LogP contribution < -0.4 is 15.4 Å². The maximum atomic E-state index is 12.3. The molecule has 0 atom stereocenters. The quantitative estimate of drug-likeness (QED) is 0.625. The molecule has 0 fully saturated rings. The molecule has 0 unspecified atom stereocenters. The molecule has 0 heterocycles. The van der Waals surface area contributed by atoms with Crippen molar-refractivity contribution < 1.29 is 9.53 Å². The molecule has 0 radical (unpaired) electrons. The Morgan fingerprint density at radius 3 is 2.15 bits per heavy atom. The van der Waals surface area contributed by atoms with Crippen LogP contribution >= 0.6 is 12.2 Å². The summed E-state index contributed by atoms with van der Waals surface area (Å²) in [5.74, 6) is 0.465. The zero-order valence-electron chi connectivity index (χ0n) is 14.7. The lowest BCUT2D eigenvalue weighted by atomic mass is 10.2. The summed E-state index contributed by atoms with van der Waals surface area (Å²) in [4.78, 5) is 12.3. The number of benzene rings is 3. The minimum atomic E-state index is -0.265. The molecule has 2 N–H and O–H groups in total. The number of nitrogens with one attached hydrogen (secondary N) is 2. The van der Waals surface area contributed by atoms with Crippen molar-refractivity contribution in [1.82, 2.24) is 5.32 Å². The summed E-state index contributed by atoms with van der Waals surface area (Å²) in [5.41, 5.74) is 2.57. The Kier molecular flexibility index (Phi) is 6.55. The Morgan fingerprint density at radius 1 is 0.852 bits per heavy atom. The normalized spacial score (nSPS) is 10.1. The third kappa shape index (κ3) is 5.94. The number of ether oxygens (including phenoxy) is 1. The zero-order valence-corrected chi connectivity index (χ0v) is 15.5. The second-order valence-electron chi connectivity index (χ2n) is 5.88. The van der Waals surface area contributed by atoms with Gasteiger partial charge >= 0.3 is 0 Å². The molecule has 0 aliphatic carbocycles. The number of thiocarbonyl (C=S) groups is 1. The number of rotatable bonds is 6. The largest absolute Gasteiger partial charge is 0.493 e. The van der Waals surface area contributed by atoms with Gasteiger partial charge < -0.3 is 10.1 Å². The van der Waals surface area contributed by atoms with Crippen molar-refractivity contribution in [3.05, 3.63) is 96.1 Å². The monoisotopic (exact) mass is 376 g/mol. The van der Waals surface area contributed by atoms with Crippen molar-refractivity contribution in [1.29, 1.82) is 0 Å². The standard InChI is InChI=1S/C22H20N2O2S/c25-21(24-22(27)23-19-9-5-2-6-10-19)18-11-13-20(14-12-18)26-16-15-17-7-3-1-4-8-17/h1-14H,15-16H2,(H2,23,24,25,27). The van der Waals surface area contributed by atoms with Crippen LogP contribution in [0.25, 0.3) is 0 Å². The highest BCUT2D eigenvalue weighted by molar-refractivity contribution is 7.80. The van der Waals surface area contributed by atoms with Crippen LogP contribution in [0.1, 0.15) is 15.9 Å². The van der Waals surface area contributed by atoms with E-state index in [0.717, 1.165) is 17.9 Å². The van der Waals surface area contributed by atoms with Crippen molar-refractivity contribution in [2.75, 3.05) is 11.9 Å². The van der Waals surface area contributed by atoms with Crippen LogP contribution in [0.4, 0.5) is 5.69 Å². The second-order valence-corrected chi connectivity index (χ2v) is 6.29. The van der Waals surface area contributed by atoms with E-state index in [0.29, 0.717) is 12.2 Å². The third-order valence-electron chi connectivity index (χ3n) is 3.88. The van der Waals surface area contributed by atoms with Crippen molar-refractivity contribution in [2.45, 2.75) is 6.42 Å². The van der Waals surface area contributed by atoms with Gasteiger partial charge in [-0.2, -0.15) is 0 Å². The molecule has 0 bridgehead atoms. The number of hydrogen-bond donors (Lipinski definition) is 2. The first-order valence-electron chi connectivity index (χ1n) is 8.65. The summed E-state index contributed by atoms with van der Waals surface area (Å²) in [6, 6.07) is 26.6. The smallest absolute Gasteiger partial charge is 0.257 e. The first kappa shape index (κ1) is 18.6. The fraction of sp³-hybridized carbons (Fsp3) is 0.0909. The zero-order chi connectivity index (χ0) is 18.9. The highest BCUT2D eigenvalue weighted by atomic mass is 32.1. The molecule has 0 spiro atoms. The van der Waals surface area contributed by atoms with E-state index in [-0.39, 0.29) is 11.0 Å². The Bertz CT molecular complexity index is 881. The van der Waals surface area contributed by atoms with Gasteiger partial charge in [0.1, 0.15) is 5.75 Å². The van der Waals surface area contributed by atoms with Crippen LogP contribution in [0.5, 0.6) is 5.75 Å². The summed E-state index contributed by atoms with van der Waals surface area (Å²) in [5, 5.41) is 5.90. The summed E-state index contributed by atoms with van der Waals surface area (Å²) < 4.78 is 5.73. The Balaban J connectivity index is 1.47. The van der Waals surface area contributed by atoms with Crippen molar-refractivity contribution in [3.8, 4) is 5.75 Å². The van der Waals surface area contributed by atoms with Crippen LogP contribution in [0, 0.1) is 0 Å². The molecule has 0 aliphatic rings. The number of hydrogen-bond acceptors (Lipinski definition) is 3. The number of para-hydroxylation sites is 1. The molecule has 0 aromatic heterocycles. The van der Waals surface area contributed by atoms with E-state index >= 15 is 0 Å². The van der Waals surface area contributed by atoms with Gasteiger partial charge in [-0.05, 0) is 54.2 Å². The molecule has 0 saturated heterocycles. The van der Waals surface area contributed by atoms with E-state index < -0.39 is 0 Å². The number of carbonyl (C=O) groups excluding carboxylic acids is 1. The summed E-state index contributed by atoms with van der Waals surface area (Å²) in [6.45, 7) is 0.584. The maximum Gasteiger partial charge on any atom is 0.257 e. The lowest BCUT2D eigenvalue weighted by Crippen LogP contribution is -2.34. The third-order valence-corrected chi connectivity index (χ3v) is 4.08. The molecule has 4 nitrogen and oxygen atoms in total. The van der Waals surface area contributed by atoms with Gasteiger partial charge in [0.2, 0.25) is 0 Å². The highest BCUT2D eigenvalue weighted by Gasteiger charge is 2.08. The molecular weight excluding hydrogens is 356 g/mol. The topological polar surface area (TPSA) is 50.4 Å². The fourth-order valence-corrected chi connectivity index (χ4v) is 2.70. The number of anilines is 1. The van der Waals surface area contributed by atoms with E-state index in [1.165, 1.54) is 5.56 Å². The van der Waals surface area contributed by atoms with E-state index in [1.807, 2.05) is 48.5 Å². The van der Waals surface area contributed by atoms with Crippen LogP contribution in [-0.4, -0.2) is 17.6 Å². The maximum absolute atomic E-state index is 12.3. The highest BCUT2D eigenvalue weighted by Crippen LogP contribution is 2.13. The molecule has 3 aromatic carbocycles. The molecule has 0 saturated carbocycles. The van der Waals surface area contributed by atoms with E-state index in [1.54, 1.807) is 24.3 Å². The van der Waals surface area contributed by atoms with Gasteiger partial charge in [-0.15, -0.1) is 0 Å². The number of amides is 1. The van der Waals surface area contributed by atoms with Gasteiger partial charge in [0.15, 0.2) is 5.11 Å². The van der Waals surface area contributed by atoms with E-state index in [2.05, 4.69) is 22.8 Å². The van der Waals surface area contributed by atoms with Crippen LogP contribution in [-0.2, 0) is 6.42 Å². The van der Waals surface area contributed by atoms with Gasteiger partial charge in [0, 0.05) is 17.7 Å². The predicted octanol–water partition coefficient (Wildman–Crippen LogP) is 4.43. The molecular formula is C22H20N2O2S. The molecule has 3 rings (SSSR count). The van der Waals surface area contributed by atoms with Gasteiger partial charge in [0.25, 0.3) is 5.91 Å². The fourth-order valence-electron chi connectivity index (χ4n) is 2.49. The van der Waals surface area contributed by atoms with Crippen molar-refractivity contribution >= 4 is 28.9 Å². The Hall–Kier alpha value is -3.18. The molecule has 0 aliphatic heterocycles. The molecule has 3 aromatic rings. The molecule has 5 heteroatoms. The molecule has 136 valence electrons. The minimum absolute atomic E-state index is 0.259. The summed E-state index contributed by atoms with van der Waals surface area (Å²) >= 11 is 5.17.